The van der Waals surface area contributed by atoms with Gasteiger partial charge in [-0.05, 0) is 53.8 Å². The van der Waals surface area contributed by atoms with Gasteiger partial charge in [0.25, 0.3) is 0 Å². The number of anilines is 1. The van der Waals surface area contributed by atoms with Crippen LogP contribution in [0, 0.1) is 9.39 Å². The van der Waals surface area contributed by atoms with E-state index in [2.05, 4.69) is 27.9 Å². The molecule has 2 rings (SSSR count). The summed E-state index contributed by atoms with van der Waals surface area (Å²) in [6, 6.07) is 11.9. The van der Waals surface area contributed by atoms with Crippen molar-refractivity contribution in [3.8, 4) is 5.75 Å². The molecule has 2 aromatic carbocycles. The van der Waals surface area contributed by atoms with Crippen LogP contribution in [0.4, 0.5) is 10.1 Å². The number of phenolic OH excluding ortho intramolecular Hbond substituents is 1. The molecule has 1 atom stereocenters. The van der Waals surface area contributed by atoms with Crippen LogP contribution in [0.3, 0.4) is 0 Å². The molecule has 2 N–H and O–H groups in total. The summed E-state index contributed by atoms with van der Waals surface area (Å²) in [6.45, 7) is 1.92. The molecular formula is C14H13FINO. The van der Waals surface area contributed by atoms with Crippen LogP contribution in [0.2, 0.25) is 0 Å². The molecule has 0 saturated carbocycles. The minimum Gasteiger partial charge on any atom is -0.507 e. The van der Waals surface area contributed by atoms with Crippen molar-refractivity contribution in [1.29, 1.82) is 0 Å². The molecule has 18 heavy (non-hydrogen) atoms. The van der Waals surface area contributed by atoms with Gasteiger partial charge in [0, 0.05) is 20.9 Å². The molecule has 4 heteroatoms. The van der Waals surface area contributed by atoms with Gasteiger partial charge in [-0.15, -0.1) is 0 Å². The average molecular weight is 357 g/mol. The Labute approximate surface area is 119 Å². The van der Waals surface area contributed by atoms with Gasteiger partial charge in [0.05, 0.1) is 6.04 Å². The third kappa shape index (κ3) is 3.13. The van der Waals surface area contributed by atoms with E-state index < -0.39 is 5.82 Å². The Hall–Kier alpha value is -1.30. The van der Waals surface area contributed by atoms with E-state index in [0.717, 1.165) is 15.3 Å². The van der Waals surface area contributed by atoms with E-state index in [9.17, 15) is 9.50 Å². The van der Waals surface area contributed by atoms with E-state index in [0.29, 0.717) is 5.56 Å². The topological polar surface area (TPSA) is 32.3 Å². The van der Waals surface area contributed by atoms with Gasteiger partial charge in [-0.3, -0.25) is 0 Å². The van der Waals surface area contributed by atoms with Crippen LogP contribution in [0.25, 0.3) is 0 Å². The van der Waals surface area contributed by atoms with E-state index in [1.807, 2.05) is 31.2 Å². The number of hydrogen-bond donors (Lipinski definition) is 2. The second-order valence-electron chi connectivity index (χ2n) is 4.08. The van der Waals surface area contributed by atoms with Gasteiger partial charge in [0.1, 0.15) is 11.6 Å². The Morgan fingerprint density at radius 2 is 2.00 bits per heavy atom. The number of rotatable bonds is 3. The lowest BCUT2D eigenvalue weighted by Crippen LogP contribution is -2.07. The maximum atomic E-state index is 12.9. The minimum absolute atomic E-state index is 0.0272. The van der Waals surface area contributed by atoms with Gasteiger partial charge < -0.3 is 10.4 Å². The summed E-state index contributed by atoms with van der Waals surface area (Å²) in [7, 11) is 0. The van der Waals surface area contributed by atoms with Crippen LogP contribution >= 0.6 is 22.6 Å². The highest BCUT2D eigenvalue weighted by molar-refractivity contribution is 14.1. The average Bonchev–Trinajstić information content (AvgIpc) is 2.28. The van der Waals surface area contributed by atoms with Crippen molar-refractivity contribution in [2.45, 2.75) is 13.0 Å². The Balaban J connectivity index is 2.19. The molecular weight excluding hydrogens is 344 g/mol. The molecule has 94 valence electrons. The molecule has 2 nitrogen and oxygen atoms in total. The monoisotopic (exact) mass is 357 g/mol. The Kier molecular flexibility index (Phi) is 4.06. The Morgan fingerprint density at radius 3 is 2.67 bits per heavy atom. The Morgan fingerprint density at radius 1 is 1.22 bits per heavy atom. The van der Waals surface area contributed by atoms with E-state index in [1.54, 1.807) is 6.07 Å². The summed E-state index contributed by atoms with van der Waals surface area (Å²) in [5, 5.41) is 13.0. The van der Waals surface area contributed by atoms with E-state index in [1.165, 1.54) is 6.07 Å². The molecule has 0 heterocycles. The summed E-state index contributed by atoms with van der Waals surface area (Å²) in [4.78, 5) is 0. The standard InChI is InChI=1S/C14H13FINO/c1-9(13-6-5-10(15)7-14(13)18)17-12-4-2-3-11(16)8-12/h2-9,17-18H,1H3. The first kappa shape index (κ1) is 13.1. The summed E-state index contributed by atoms with van der Waals surface area (Å²) < 4.78 is 14.0. The first-order valence-electron chi connectivity index (χ1n) is 5.57. The summed E-state index contributed by atoms with van der Waals surface area (Å²) in [5.74, 6) is -0.460. The normalized spacial score (nSPS) is 12.2. The number of halogens is 2. The van der Waals surface area contributed by atoms with Gasteiger partial charge >= 0.3 is 0 Å². The molecule has 2 aromatic rings. The van der Waals surface area contributed by atoms with Crippen molar-refractivity contribution >= 4 is 28.3 Å². The number of hydrogen-bond acceptors (Lipinski definition) is 2. The third-order valence-electron chi connectivity index (χ3n) is 2.67. The fourth-order valence-electron chi connectivity index (χ4n) is 1.79. The highest BCUT2D eigenvalue weighted by Gasteiger charge is 2.11. The van der Waals surface area contributed by atoms with Crippen LogP contribution in [-0.4, -0.2) is 5.11 Å². The first-order valence-corrected chi connectivity index (χ1v) is 6.64. The van der Waals surface area contributed by atoms with E-state index in [4.69, 9.17) is 0 Å². The van der Waals surface area contributed by atoms with Crippen LogP contribution in [-0.2, 0) is 0 Å². The van der Waals surface area contributed by atoms with Crippen LogP contribution in [0.1, 0.15) is 18.5 Å². The fraction of sp³-hybridized carbons (Fsp3) is 0.143. The van der Waals surface area contributed by atoms with Gasteiger partial charge in [-0.25, -0.2) is 4.39 Å². The highest BCUT2D eigenvalue weighted by atomic mass is 127. The number of aromatic hydroxyl groups is 1. The van der Waals surface area contributed by atoms with Crippen molar-refractivity contribution in [2.75, 3.05) is 5.32 Å². The van der Waals surface area contributed by atoms with Crippen molar-refractivity contribution in [3.63, 3.8) is 0 Å². The molecule has 0 fully saturated rings. The predicted molar refractivity (Wildman–Crippen MR) is 79.3 cm³/mol. The molecule has 0 aliphatic carbocycles. The van der Waals surface area contributed by atoms with Crippen molar-refractivity contribution in [2.24, 2.45) is 0 Å². The van der Waals surface area contributed by atoms with Crippen molar-refractivity contribution < 1.29 is 9.50 Å². The lowest BCUT2D eigenvalue weighted by atomic mass is 10.1. The quantitative estimate of drug-likeness (QED) is 0.803. The summed E-state index contributed by atoms with van der Waals surface area (Å²) >= 11 is 2.24. The molecule has 0 spiro atoms. The maximum Gasteiger partial charge on any atom is 0.126 e. The molecule has 0 radical (unpaired) electrons. The van der Waals surface area contributed by atoms with Crippen LogP contribution in [0.15, 0.2) is 42.5 Å². The third-order valence-corrected chi connectivity index (χ3v) is 3.34. The minimum atomic E-state index is -0.433. The Bertz CT molecular complexity index is 559. The lowest BCUT2D eigenvalue weighted by Gasteiger charge is -2.17. The van der Waals surface area contributed by atoms with Crippen LogP contribution in [0.5, 0.6) is 5.75 Å². The number of phenols is 1. The second kappa shape index (κ2) is 5.56. The maximum absolute atomic E-state index is 12.9. The highest BCUT2D eigenvalue weighted by Crippen LogP contribution is 2.27. The summed E-state index contributed by atoms with van der Waals surface area (Å²) in [5.41, 5.74) is 1.65. The zero-order valence-corrected chi connectivity index (χ0v) is 12.0. The number of nitrogens with one attached hydrogen (secondary N) is 1. The zero-order valence-electron chi connectivity index (χ0n) is 9.82. The molecule has 0 aliphatic heterocycles. The number of benzene rings is 2. The van der Waals surface area contributed by atoms with Gasteiger partial charge in [-0.2, -0.15) is 0 Å². The second-order valence-corrected chi connectivity index (χ2v) is 5.33. The van der Waals surface area contributed by atoms with Gasteiger partial charge in [0.2, 0.25) is 0 Å². The summed E-state index contributed by atoms with van der Waals surface area (Å²) in [6.07, 6.45) is 0. The molecule has 0 saturated heterocycles. The molecule has 0 bridgehead atoms. The first-order chi connectivity index (χ1) is 8.56. The van der Waals surface area contributed by atoms with Crippen LogP contribution < -0.4 is 5.32 Å². The van der Waals surface area contributed by atoms with Crippen molar-refractivity contribution in [3.05, 3.63) is 57.4 Å². The SMILES string of the molecule is CC(Nc1cccc(I)c1)c1ccc(F)cc1O. The van der Waals surface area contributed by atoms with Gasteiger partial charge in [0.15, 0.2) is 0 Å². The lowest BCUT2D eigenvalue weighted by molar-refractivity contribution is 0.459. The molecule has 1 unspecified atom stereocenters. The zero-order chi connectivity index (χ0) is 13.1. The fourth-order valence-corrected chi connectivity index (χ4v) is 2.33. The van der Waals surface area contributed by atoms with Gasteiger partial charge in [-0.1, -0.05) is 12.1 Å². The van der Waals surface area contributed by atoms with E-state index >= 15 is 0 Å². The smallest absolute Gasteiger partial charge is 0.126 e. The largest absolute Gasteiger partial charge is 0.507 e. The van der Waals surface area contributed by atoms with E-state index in [-0.39, 0.29) is 11.8 Å². The van der Waals surface area contributed by atoms with Crippen molar-refractivity contribution in [1.82, 2.24) is 0 Å². The molecule has 0 aliphatic rings. The predicted octanol–water partition coefficient (Wildman–Crippen LogP) is 4.31. The molecule has 0 aromatic heterocycles. The molecule has 0 amide bonds.